The predicted molar refractivity (Wildman–Crippen MR) is 299 cm³/mol. The van der Waals surface area contributed by atoms with Crippen molar-refractivity contribution < 1.29 is 38.9 Å². The molecular formula is C59H52N6O8S3. The second kappa shape index (κ2) is 20.6. The number of anilines is 2. The summed E-state index contributed by atoms with van der Waals surface area (Å²) < 4.78 is 20.4. The van der Waals surface area contributed by atoms with Crippen LogP contribution in [0, 0.1) is 6.92 Å². The summed E-state index contributed by atoms with van der Waals surface area (Å²) in [6, 6.07) is 43.0. The van der Waals surface area contributed by atoms with E-state index in [1.165, 1.54) is 34.2 Å². The fourth-order valence-corrected chi connectivity index (χ4v) is 12.9. The van der Waals surface area contributed by atoms with Gasteiger partial charge in [-0.15, -0.1) is 22.7 Å². The number of benzene rings is 5. The zero-order valence-electron chi connectivity index (χ0n) is 42.0. The second-order valence-corrected chi connectivity index (χ2v) is 22.1. The molecule has 2 atom stereocenters. The van der Waals surface area contributed by atoms with E-state index in [1.54, 1.807) is 6.07 Å². The van der Waals surface area contributed by atoms with E-state index in [2.05, 4.69) is 37.5 Å². The topological polar surface area (TPSA) is 185 Å². The van der Waals surface area contributed by atoms with Gasteiger partial charge in [0.15, 0.2) is 0 Å². The van der Waals surface area contributed by atoms with Gasteiger partial charge in [0.05, 0.1) is 28.2 Å². The first-order chi connectivity index (χ1) is 36.7. The average molecular weight is 1070 g/mol. The number of likely N-dealkylation sites (N-methyl/N-ethyl adjacent to an activating group) is 1. The number of aromatic carboxylic acids is 1. The standard InChI is InChI=1S/C59H52N6O8S3/c1-5-64-27-28-65-50(32-64)60-52(41-17-13-38(14-18-41)39-19-22-43(23-20-39)59(25-26-59)56(68)69)54(65)62-58(71)73-35(4)37-11-15-40(16-12-37)45-29-42(46-30-47-48(74-46)31-49(75-47)55(66)67)21-24-44(45)53-51(33(2)63-76-53)61-57(70)72-34(3)36-9-7-6-8-10-36/h6-24,29-31,34-35H,5,25-28,32H2,1-4H3,(H,61,70)(H,62,71)(H,66,67)(H,68,69)/t34-,35-/m1/s1. The Morgan fingerprint density at radius 3 is 1.96 bits per heavy atom. The quantitative estimate of drug-likeness (QED) is 0.0766. The highest BCUT2D eigenvalue weighted by molar-refractivity contribution is 7.30. The van der Waals surface area contributed by atoms with Crippen molar-refractivity contribution in [2.75, 3.05) is 23.7 Å². The van der Waals surface area contributed by atoms with Gasteiger partial charge in [0.1, 0.15) is 34.4 Å². The first kappa shape index (κ1) is 50.2. The van der Waals surface area contributed by atoms with E-state index in [0.717, 1.165) is 93.7 Å². The van der Waals surface area contributed by atoms with E-state index < -0.39 is 41.7 Å². The maximum Gasteiger partial charge on any atom is 0.413 e. The van der Waals surface area contributed by atoms with E-state index >= 15 is 0 Å². The number of aliphatic carboxylic acids is 1. The Bertz CT molecular complexity index is 3640. The van der Waals surface area contributed by atoms with Gasteiger partial charge in [-0.1, -0.05) is 122 Å². The maximum absolute atomic E-state index is 14.0. The molecule has 1 saturated carbocycles. The number of rotatable bonds is 15. The number of carboxylic acid groups (broad SMARTS) is 2. The molecule has 5 aromatic carbocycles. The molecule has 0 radical (unpaired) electrons. The van der Waals surface area contributed by atoms with Gasteiger partial charge in [0, 0.05) is 38.5 Å². The number of aryl methyl sites for hydroxylation is 1. The smallest absolute Gasteiger partial charge is 0.413 e. The van der Waals surface area contributed by atoms with Crippen LogP contribution >= 0.6 is 34.2 Å². The molecule has 0 saturated heterocycles. The van der Waals surface area contributed by atoms with Crippen LogP contribution < -0.4 is 10.6 Å². The Labute approximate surface area is 450 Å². The van der Waals surface area contributed by atoms with Crippen molar-refractivity contribution in [1.82, 2.24) is 18.8 Å². The van der Waals surface area contributed by atoms with Crippen LogP contribution in [0.2, 0.25) is 0 Å². The lowest BCUT2D eigenvalue weighted by Gasteiger charge is -2.27. The van der Waals surface area contributed by atoms with Gasteiger partial charge >= 0.3 is 24.1 Å². The molecule has 1 aliphatic heterocycles. The molecule has 9 aromatic rings. The fraction of sp³-hybridized carbons (Fsp3) is 0.220. The van der Waals surface area contributed by atoms with Gasteiger partial charge in [-0.2, -0.15) is 4.37 Å². The normalized spacial score (nSPS) is 14.6. The summed E-state index contributed by atoms with van der Waals surface area (Å²) in [7, 11) is 0. The Morgan fingerprint density at radius 1 is 0.697 bits per heavy atom. The van der Waals surface area contributed by atoms with E-state index in [1.807, 2.05) is 142 Å². The van der Waals surface area contributed by atoms with Crippen LogP contribution in [0.25, 0.3) is 63.8 Å². The zero-order chi connectivity index (χ0) is 52.8. The zero-order valence-corrected chi connectivity index (χ0v) is 44.4. The summed E-state index contributed by atoms with van der Waals surface area (Å²) >= 11 is 4.05. The summed E-state index contributed by atoms with van der Waals surface area (Å²) in [6.07, 6.45) is -1.05. The largest absolute Gasteiger partial charge is 0.481 e. The van der Waals surface area contributed by atoms with Gasteiger partial charge in [-0.3, -0.25) is 20.3 Å². The lowest BCUT2D eigenvalue weighted by atomic mass is 9.93. The molecule has 5 heterocycles. The van der Waals surface area contributed by atoms with Crippen molar-refractivity contribution in [1.29, 1.82) is 0 Å². The molecule has 0 bridgehead atoms. The highest BCUT2D eigenvalue weighted by Crippen LogP contribution is 2.49. The van der Waals surface area contributed by atoms with Gasteiger partial charge in [0.2, 0.25) is 0 Å². The van der Waals surface area contributed by atoms with Crippen LogP contribution in [0.1, 0.15) is 83.7 Å². The number of nitrogens with one attached hydrogen (secondary N) is 2. The summed E-state index contributed by atoms with van der Waals surface area (Å²) in [6.45, 7) is 10.6. The molecular weight excluding hydrogens is 1020 g/mol. The lowest BCUT2D eigenvalue weighted by molar-refractivity contribution is -0.140. The van der Waals surface area contributed by atoms with E-state index in [9.17, 15) is 29.4 Å². The van der Waals surface area contributed by atoms with Crippen molar-refractivity contribution >= 4 is 79.2 Å². The van der Waals surface area contributed by atoms with Crippen molar-refractivity contribution in [3.63, 3.8) is 0 Å². The molecule has 2 aliphatic rings. The highest BCUT2D eigenvalue weighted by Gasteiger charge is 2.51. The summed E-state index contributed by atoms with van der Waals surface area (Å²) in [5, 5.41) is 25.5. The summed E-state index contributed by atoms with van der Waals surface area (Å²) in [5.41, 5.74) is 9.79. The van der Waals surface area contributed by atoms with Crippen LogP contribution in [0.5, 0.6) is 0 Å². The number of carboxylic acids is 2. The van der Waals surface area contributed by atoms with Crippen molar-refractivity contribution in [3.8, 4) is 54.4 Å². The lowest BCUT2D eigenvalue weighted by Crippen LogP contribution is -2.34. The third-order valence-electron chi connectivity index (χ3n) is 14.4. The Kier molecular flexibility index (Phi) is 13.6. The molecule has 4 aromatic heterocycles. The summed E-state index contributed by atoms with van der Waals surface area (Å²) in [4.78, 5) is 60.5. The first-order valence-corrected chi connectivity index (χ1v) is 27.4. The molecule has 4 N–H and O–H groups in total. The van der Waals surface area contributed by atoms with Gasteiger partial charge < -0.3 is 24.3 Å². The van der Waals surface area contributed by atoms with E-state index in [0.29, 0.717) is 53.7 Å². The molecule has 76 heavy (non-hydrogen) atoms. The SMILES string of the molecule is CCN1CCn2c(nc(-c3ccc(-c4ccc(C5(C(=O)O)CC5)cc4)cc3)c2NC(=O)O[C@H](C)c2ccc(-c3cc(-c4cc5sc(C(=O)O)cc5s4)ccc3-c3snc(C)c3NC(=O)O[C@H](C)c3ccccc3)cc2)C1. The highest BCUT2D eigenvalue weighted by atomic mass is 32.1. The maximum atomic E-state index is 14.0. The molecule has 0 unspecified atom stereocenters. The molecule has 384 valence electrons. The molecule has 17 heteroatoms. The van der Waals surface area contributed by atoms with Crippen LogP contribution in [-0.2, 0) is 32.8 Å². The number of thiophene rings is 2. The second-order valence-electron chi connectivity index (χ2n) is 19.2. The monoisotopic (exact) mass is 1070 g/mol. The minimum Gasteiger partial charge on any atom is -0.481 e. The Hall–Kier alpha value is -7.96. The third kappa shape index (κ3) is 9.89. The molecule has 11 rings (SSSR count). The predicted octanol–water partition coefficient (Wildman–Crippen LogP) is 14.5. The Morgan fingerprint density at radius 2 is 1.32 bits per heavy atom. The minimum absolute atomic E-state index is 0.292. The third-order valence-corrected chi connectivity index (χ3v) is 17.7. The van der Waals surface area contributed by atoms with Crippen LogP contribution in [0.15, 0.2) is 133 Å². The van der Waals surface area contributed by atoms with Gasteiger partial charge in [-0.05, 0) is 114 Å². The molecule has 14 nitrogen and oxygen atoms in total. The van der Waals surface area contributed by atoms with Crippen LogP contribution in [0.3, 0.4) is 0 Å². The van der Waals surface area contributed by atoms with Crippen LogP contribution in [0.4, 0.5) is 21.1 Å². The molecule has 1 fully saturated rings. The van der Waals surface area contributed by atoms with Crippen molar-refractivity contribution in [3.05, 3.63) is 167 Å². The number of hydrogen-bond donors (Lipinski definition) is 4. The number of imidazole rings is 1. The summed E-state index contributed by atoms with van der Waals surface area (Å²) in [5.74, 6) is -0.322. The van der Waals surface area contributed by atoms with Crippen LogP contribution in [-0.4, -0.2) is 66.3 Å². The number of amides is 2. The number of fused-ring (bicyclic) bond motifs is 2. The molecule has 1 aliphatic carbocycles. The van der Waals surface area contributed by atoms with Gasteiger partial charge in [0.25, 0.3) is 0 Å². The average Bonchev–Trinajstić information content (AvgIpc) is 3.61. The Balaban J connectivity index is 0.848. The molecule has 0 spiro atoms. The van der Waals surface area contributed by atoms with Crippen molar-refractivity contribution in [2.45, 2.75) is 71.2 Å². The number of hydrogen-bond acceptors (Lipinski definition) is 12. The minimum atomic E-state index is -0.950. The number of aromatic nitrogens is 3. The van der Waals surface area contributed by atoms with Crippen molar-refractivity contribution in [2.24, 2.45) is 0 Å². The van der Waals surface area contributed by atoms with E-state index in [4.69, 9.17) is 14.5 Å². The van der Waals surface area contributed by atoms with E-state index in [-0.39, 0.29) is 0 Å². The first-order valence-electron chi connectivity index (χ1n) is 25.0. The van der Waals surface area contributed by atoms with Gasteiger partial charge in [-0.25, -0.2) is 19.4 Å². The fourth-order valence-electron chi connectivity index (χ4n) is 9.82. The number of carbonyl (C=O) groups is 4. The number of ether oxygens (including phenoxy) is 2. The number of carbonyl (C=O) groups excluding carboxylic acids is 2. The number of nitrogens with zero attached hydrogens (tertiary/aromatic N) is 4. The molecule has 2 amide bonds.